The van der Waals surface area contributed by atoms with Crippen LogP contribution in [0, 0.1) is 5.92 Å². The molecular weight excluding hydrogens is 344 g/mol. The topological polar surface area (TPSA) is 95.0 Å². The minimum Gasteiger partial charge on any atom is -0.481 e. The van der Waals surface area contributed by atoms with Crippen LogP contribution in [0.15, 0.2) is 29.2 Å². The van der Waals surface area contributed by atoms with Crippen molar-refractivity contribution >= 4 is 21.9 Å². The first kappa shape index (κ1) is 19.4. The largest absolute Gasteiger partial charge is 0.481 e. The number of aliphatic carboxylic acids is 1. The lowest BCUT2D eigenvalue weighted by Gasteiger charge is -2.29. The molecule has 0 aliphatic carbocycles. The molecule has 8 heteroatoms. The summed E-state index contributed by atoms with van der Waals surface area (Å²) in [5.41, 5.74) is 0.451. The molecule has 2 rings (SSSR count). The van der Waals surface area contributed by atoms with Crippen molar-refractivity contribution in [3.8, 4) is 0 Å². The second-order valence-corrected chi connectivity index (χ2v) is 7.96. The van der Waals surface area contributed by atoms with Crippen LogP contribution in [-0.4, -0.2) is 60.8 Å². The smallest absolute Gasteiger partial charge is 0.306 e. The van der Waals surface area contributed by atoms with Gasteiger partial charge in [0.25, 0.3) is 5.91 Å². The summed E-state index contributed by atoms with van der Waals surface area (Å²) in [5, 5.41) is 9.01. The molecule has 0 radical (unpaired) electrons. The lowest BCUT2D eigenvalue weighted by atomic mass is 9.99. The summed E-state index contributed by atoms with van der Waals surface area (Å²) in [5.74, 6) is -1.49. The molecule has 0 saturated carbocycles. The fraction of sp³-hybridized carbons (Fsp3) is 0.529. The van der Waals surface area contributed by atoms with Gasteiger partial charge in [-0.05, 0) is 51.0 Å². The fourth-order valence-corrected chi connectivity index (χ4v) is 4.42. The molecule has 7 nitrogen and oxygen atoms in total. The number of carboxylic acid groups (broad SMARTS) is 1. The summed E-state index contributed by atoms with van der Waals surface area (Å²) in [7, 11) is -3.67. The second kappa shape index (κ2) is 7.97. The molecule has 1 aromatic carbocycles. The van der Waals surface area contributed by atoms with Crippen LogP contribution >= 0.6 is 0 Å². The molecule has 1 saturated heterocycles. The maximum atomic E-state index is 12.7. The third-order valence-corrected chi connectivity index (χ3v) is 6.51. The highest BCUT2D eigenvalue weighted by atomic mass is 32.2. The first-order chi connectivity index (χ1) is 11.8. The summed E-state index contributed by atoms with van der Waals surface area (Å²) < 4.78 is 26.7. The van der Waals surface area contributed by atoms with Crippen LogP contribution in [0.25, 0.3) is 0 Å². The number of amides is 1. The predicted molar refractivity (Wildman–Crippen MR) is 92.8 cm³/mol. The Bertz CT molecular complexity index is 718. The van der Waals surface area contributed by atoms with E-state index in [1.54, 1.807) is 4.90 Å². The van der Waals surface area contributed by atoms with Gasteiger partial charge in [-0.25, -0.2) is 8.42 Å². The Morgan fingerprint density at radius 2 is 1.64 bits per heavy atom. The number of rotatable bonds is 6. The summed E-state index contributed by atoms with van der Waals surface area (Å²) in [6.07, 6.45) is 0.625. The van der Waals surface area contributed by atoms with Gasteiger partial charge in [0, 0.05) is 31.7 Å². The Morgan fingerprint density at radius 1 is 1.12 bits per heavy atom. The van der Waals surface area contributed by atoms with E-state index in [9.17, 15) is 18.0 Å². The van der Waals surface area contributed by atoms with Crippen LogP contribution < -0.4 is 0 Å². The van der Waals surface area contributed by atoms with E-state index >= 15 is 0 Å². The van der Waals surface area contributed by atoms with Gasteiger partial charge < -0.3 is 10.0 Å². The van der Waals surface area contributed by atoms with Crippen LogP contribution in [0.5, 0.6) is 0 Å². The summed E-state index contributed by atoms with van der Waals surface area (Å²) in [6.45, 7) is 5.35. The van der Waals surface area contributed by atoms with E-state index in [1.807, 2.05) is 13.8 Å². The maximum Gasteiger partial charge on any atom is 0.306 e. The van der Waals surface area contributed by atoms with Gasteiger partial charge in [0.15, 0.2) is 0 Å². The molecule has 0 atom stereocenters. The zero-order chi connectivity index (χ0) is 18.6. The molecule has 1 aliphatic heterocycles. The molecule has 138 valence electrons. The molecule has 1 aliphatic rings. The summed E-state index contributed by atoms with van der Waals surface area (Å²) >= 11 is 0. The Morgan fingerprint density at radius 3 is 2.08 bits per heavy atom. The number of carbonyl (C=O) groups is 2. The van der Waals surface area contributed by atoms with E-state index in [0.29, 0.717) is 31.5 Å². The van der Waals surface area contributed by atoms with E-state index in [4.69, 9.17) is 5.11 Å². The number of sulfonamides is 1. The van der Waals surface area contributed by atoms with Crippen molar-refractivity contribution in [2.24, 2.45) is 5.92 Å². The molecule has 0 unspecified atom stereocenters. The molecular formula is C17H24N2O5S. The Balaban J connectivity index is 2.13. The van der Waals surface area contributed by atoms with Crippen molar-refractivity contribution in [3.63, 3.8) is 0 Å². The third-order valence-electron chi connectivity index (χ3n) is 4.59. The molecule has 1 fully saturated rings. The quantitative estimate of drug-likeness (QED) is 0.824. The average Bonchev–Trinajstić information content (AvgIpc) is 2.62. The van der Waals surface area contributed by atoms with E-state index in [1.165, 1.54) is 28.6 Å². The zero-order valence-electron chi connectivity index (χ0n) is 14.5. The number of nitrogens with zero attached hydrogens (tertiary/aromatic N) is 2. The summed E-state index contributed by atoms with van der Waals surface area (Å²) in [4.78, 5) is 25.1. The monoisotopic (exact) mass is 368 g/mol. The van der Waals surface area contributed by atoms with Crippen molar-refractivity contribution in [1.29, 1.82) is 0 Å². The third kappa shape index (κ3) is 4.19. The van der Waals surface area contributed by atoms with E-state index in [-0.39, 0.29) is 23.9 Å². The highest BCUT2D eigenvalue weighted by Crippen LogP contribution is 2.24. The molecule has 1 N–H and O–H groups in total. The highest BCUT2D eigenvalue weighted by molar-refractivity contribution is 7.89. The van der Waals surface area contributed by atoms with Crippen molar-refractivity contribution in [3.05, 3.63) is 29.8 Å². The molecule has 1 amide bonds. The first-order valence-corrected chi connectivity index (χ1v) is 9.87. The van der Waals surface area contributed by atoms with Crippen LogP contribution in [0.4, 0.5) is 0 Å². The number of benzene rings is 1. The van der Waals surface area contributed by atoms with Crippen molar-refractivity contribution in [2.45, 2.75) is 31.6 Å². The van der Waals surface area contributed by atoms with Gasteiger partial charge in [-0.3, -0.25) is 9.59 Å². The minimum atomic E-state index is -3.67. The second-order valence-electron chi connectivity index (χ2n) is 6.02. The van der Waals surface area contributed by atoms with E-state index in [0.717, 1.165) is 0 Å². The molecule has 0 aromatic heterocycles. The average molecular weight is 368 g/mol. The van der Waals surface area contributed by atoms with Crippen molar-refractivity contribution in [1.82, 2.24) is 9.21 Å². The van der Waals surface area contributed by atoms with Crippen molar-refractivity contribution in [2.75, 3.05) is 26.2 Å². The molecule has 0 bridgehead atoms. The first-order valence-electron chi connectivity index (χ1n) is 8.43. The molecule has 0 spiro atoms. The number of hydrogen-bond acceptors (Lipinski definition) is 4. The number of carbonyl (C=O) groups excluding carboxylic acids is 1. The van der Waals surface area contributed by atoms with Gasteiger partial charge in [-0.2, -0.15) is 4.31 Å². The van der Waals surface area contributed by atoms with Gasteiger partial charge in [0.2, 0.25) is 10.0 Å². The van der Waals surface area contributed by atoms with Gasteiger partial charge in [0.1, 0.15) is 0 Å². The lowest BCUT2D eigenvalue weighted by Crippen LogP contribution is -2.40. The lowest BCUT2D eigenvalue weighted by molar-refractivity contribution is -0.142. The number of carboxylic acids is 1. The van der Waals surface area contributed by atoms with E-state index < -0.39 is 21.9 Å². The standard InChI is InChI=1S/C17H24N2O5S/c1-3-18(4-2)16(20)13-5-7-15(8-6-13)25(23,24)19-11-9-14(10-12-19)17(21)22/h5-8,14H,3-4,9-12H2,1-2H3,(H,21,22). The normalized spacial score (nSPS) is 16.6. The zero-order valence-corrected chi connectivity index (χ0v) is 15.3. The maximum absolute atomic E-state index is 12.7. The molecule has 1 heterocycles. The Labute approximate surface area is 148 Å². The van der Waals surface area contributed by atoms with Gasteiger partial charge in [-0.15, -0.1) is 0 Å². The Kier molecular flexibility index (Phi) is 6.18. The van der Waals surface area contributed by atoms with Crippen LogP contribution in [-0.2, 0) is 14.8 Å². The SMILES string of the molecule is CCN(CC)C(=O)c1ccc(S(=O)(=O)N2CCC(C(=O)O)CC2)cc1. The number of hydrogen-bond donors (Lipinski definition) is 1. The molecule has 1 aromatic rings. The Hall–Kier alpha value is -1.93. The van der Waals surface area contributed by atoms with E-state index in [2.05, 4.69) is 0 Å². The van der Waals surface area contributed by atoms with Gasteiger partial charge in [-0.1, -0.05) is 0 Å². The minimum absolute atomic E-state index is 0.123. The number of piperidine rings is 1. The summed E-state index contributed by atoms with van der Waals surface area (Å²) in [6, 6.07) is 5.93. The van der Waals surface area contributed by atoms with Gasteiger partial charge >= 0.3 is 5.97 Å². The van der Waals surface area contributed by atoms with Gasteiger partial charge in [0.05, 0.1) is 10.8 Å². The fourth-order valence-electron chi connectivity index (χ4n) is 2.96. The van der Waals surface area contributed by atoms with Crippen molar-refractivity contribution < 1.29 is 23.1 Å². The molecule has 25 heavy (non-hydrogen) atoms. The predicted octanol–water partition coefficient (Wildman–Crippen LogP) is 1.65. The highest BCUT2D eigenvalue weighted by Gasteiger charge is 2.32. The van der Waals surface area contributed by atoms with Crippen LogP contribution in [0.1, 0.15) is 37.0 Å². The van der Waals surface area contributed by atoms with Crippen LogP contribution in [0.3, 0.4) is 0 Å². The van der Waals surface area contributed by atoms with Crippen LogP contribution in [0.2, 0.25) is 0 Å².